The predicted molar refractivity (Wildman–Crippen MR) is 98.5 cm³/mol. The lowest BCUT2D eigenvalue weighted by atomic mass is 10.2. The molecule has 146 valence electrons. The zero-order chi connectivity index (χ0) is 20.6. The Morgan fingerprint density at radius 1 is 1.29 bits per heavy atom. The smallest absolute Gasteiger partial charge is 0.332 e. The number of aryl methyl sites for hydroxylation is 1. The van der Waals surface area contributed by atoms with Crippen molar-refractivity contribution in [3.63, 3.8) is 0 Å². The number of rotatable bonds is 5. The molecule has 3 rings (SSSR count). The van der Waals surface area contributed by atoms with Crippen LogP contribution in [0.4, 0.5) is 11.4 Å². The molecule has 0 spiro atoms. The molecule has 0 fully saturated rings. The number of nitro groups is 1. The molecule has 0 radical (unpaired) electrons. The third-order valence-electron chi connectivity index (χ3n) is 4.20. The first-order valence-electron chi connectivity index (χ1n) is 7.97. The number of amides is 1. The second kappa shape index (κ2) is 6.98. The summed E-state index contributed by atoms with van der Waals surface area (Å²) >= 11 is 0. The maximum Gasteiger partial charge on any atom is 0.332 e. The van der Waals surface area contributed by atoms with E-state index in [1.54, 1.807) is 0 Å². The zero-order valence-electron chi connectivity index (χ0n) is 15.2. The Bertz CT molecular complexity index is 1220. The molecule has 0 unspecified atom stereocenters. The van der Waals surface area contributed by atoms with Crippen LogP contribution < -0.4 is 21.3 Å². The molecule has 1 N–H and O–H groups in total. The van der Waals surface area contributed by atoms with Crippen LogP contribution in [0, 0.1) is 10.1 Å². The number of nitrogens with zero attached hydrogens (tertiary/aromatic N) is 5. The molecule has 2 heterocycles. The van der Waals surface area contributed by atoms with Gasteiger partial charge in [0.15, 0.2) is 11.2 Å². The second-order valence-corrected chi connectivity index (χ2v) is 5.94. The molecule has 1 aromatic carbocycles. The van der Waals surface area contributed by atoms with E-state index in [-0.39, 0.29) is 34.8 Å². The van der Waals surface area contributed by atoms with Crippen molar-refractivity contribution in [2.24, 2.45) is 14.1 Å². The van der Waals surface area contributed by atoms with Gasteiger partial charge in [-0.1, -0.05) is 0 Å². The molecule has 0 bridgehead atoms. The number of carbonyl (C=O) groups excluding carboxylic acids is 1. The molecule has 3 aromatic rings. The van der Waals surface area contributed by atoms with Crippen LogP contribution in [-0.4, -0.2) is 36.6 Å². The van der Waals surface area contributed by atoms with Crippen LogP contribution in [-0.2, 0) is 25.4 Å². The highest BCUT2D eigenvalue weighted by Crippen LogP contribution is 2.28. The molecule has 28 heavy (non-hydrogen) atoms. The highest BCUT2D eigenvalue weighted by atomic mass is 16.6. The van der Waals surface area contributed by atoms with Crippen molar-refractivity contribution in [3.05, 3.63) is 55.5 Å². The minimum Gasteiger partial charge on any atom is -0.495 e. The zero-order valence-corrected chi connectivity index (χ0v) is 15.2. The summed E-state index contributed by atoms with van der Waals surface area (Å²) in [6, 6.07) is 3.79. The van der Waals surface area contributed by atoms with E-state index in [1.165, 1.54) is 54.9 Å². The second-order valence-electron chi connectivity index (χ2n) is 5.94. The number of methoxy groups -OCH3 is 1. The molecule has 0 saturated heterocycles. The van der Waals surface area contributed by atoms with Gasteiger partial charge in [0.05, 0.1) is 24.0 Å². The van der Waals surface area contributed by atoms with Crippen LogP contribution in [0.1, 0.15) is 0 Å². The predicted octanol–water partition coefficient (Wildman–Crippen LogP) is -0.0108. The number of fused-ring (bicyclic) bond motifs is 1. The lowest BCUT2D eigenvalue weighted by Crippen LogP contribution is -2.37. The van der Waals surface area contributed by atoms with Gasteiger partial charge in [0, 0.05) is 26.2 Å². The van der Waals surface area contributed by atoms with Crippen LogP contribution in [0.3, 0.4) is 0 Å². The summed E-state index contributed by atoms with van der Waals surface area (Å²) in [5.41, 5.74) is -0.982. The van der Waals surface area contributed by atoms with Gasteiger partial charge in [-0.05, 0) is 6.07 Å². The van der Waals surface area contributed by atoms with Crippen LogP contribution in [0.2, 0.25) is 0 Å². The molecular formula is C16H16N6O6. The number of aromatic nitrogens is 4. The first-order chi connectivity index (χ1) is 13.2. The summed E-state index contributed by atoms with van der Waals surface area (Å²) in [7, 11) is 4.16. The van der Waals surface area contributed by atoms with Gasteiger partial charge in [0.25, 0.3) is 11.2 Å². The van der Waals surface area contributed by atoms with Gasteiger partial charge in [0.1, 0.15) is 12.3 Å². The minimum absolute atomic E-state index is 0.0887. The summed E-state index contributed by atoms with van der Waals surface area (Å²) in [6.45, 7) is -0.296. The van der Waals surface area contributed by atoms with Crippen LogP contribution in [0.15, 0.2) is 34.1 Å². The Balaban J connectivity index is 1.95. The number of hydrogen-bond donors (Lipinski definition) is 1. The van der Waals surface area contributed by atoms with E-state index in [0.717, 1.165) is 4.57 Å². The fourth-order valence-corrected chi connectivity index (χ4v) is 2.77. The van der Waals surface area contributed by atoms with E-state index in [0.29, 0.717) is 0 Å². The number of non-ortho nitro benzene ring substituents is 1. The van der Waals surface area contributed by atoms with Crippen molar-refractivity contribution in [2.75, 3.05) is 12.4 Å². The van der Waals surface area contributed by atoms with Gasteiger partial charge < -0.3 is 14.6 Å². The average Bonchev–Trinajstić information content (AvgIpc) is 3.08. The molecule has 1 amide bonds. The van der Waals surface area contributed by atoms with Crippen molar-refractivity contribution in [3.8, 4) is 5.75 Å². The lowest BCUT2D eigenvalue weighted by molar-refractivity contribution is -0.384. The van der Waals surface area contributed by atoms with Gasteiger partial charge in [-0.25, -0.2) is 9.78 Å². The van der Waals surface area contributed by atoms with Crippen molar-refractivity contribution in [1.29, 1.82) is 0 Å². The first kappa shape index (κ1) is 18.8. The Hall–Kier alpha value is -3.96. The Labute approximate surface area is 156 Å². The lowest BCUT2D eigenvalue weighted by Gasteiger charge is -2.11. The van der Waals surface area contributed by atoms with Gasteiger partial charge >= 0.3 is 5.69 Å². The third-order valence-corrected chi connectivity index (χ3v) is 4.20. The fourth-order valence-electron chi connectivity index (χ4n) is 2.77. The fraction of sp³-hybridized carbons (Fsp3) is 0.250. The number of ether oxygens (including phenoxy) is 1. The largest absolute Gasteiger partial charge is 0.495 e. The maximum atomic E-state index is 12.5. The normalized spacial score (nSPS) is 10.8. The molecular weight excluding hydrogens is 372 g/mol. The van der Waals surface area contributed by atoms with Crippen molar-refractivity contribution in [1.82, 2.24) is 18.7 Å². The van der Waals surface area contributed by atoms with Gasteiger partial charge in [-0.2, -0.15) is 0 Å². The molecule has 12 nitrogen and oxygen atoms in total. The Morgan fingerprint density at radius 2 is 2.00 bits per heavy atom. The first-order valence-corrected chi connectivity index (χ1v) is 7.97. The maximum absolute atomic E-state index is 12.5. The molecule has 0 saturated carbocycles. The highest BCUT2D eigenvalue weighted by molar-refractivity contribution is 5.93. The van der Waals surface area contributed by atoms with Gasteiger partial charge in [-0.3, -0.25) is 28.8 Å². The van der Waals surface area contributed by atoms with E-state index in [2.05, 4.69) is 10.3 Å². The van der Waals surface area contributed by atoms with E-state index in [9.17, 15) is 24.5 Å². The van der Waals surface area contributed by atoms with Crippen LogP contribution in [0.5, 0.6) is 5.75 Å². The van der Waals surface area contributed by atoms with E-state index in [4.69, 9.17) is 4.74 Å². The summed E-state index contributed by atoms with van der Waals surface area (Å²) in [6.07, 6.45) is 1.27. The van der Waals surface area contributed by atoms with E-state index >= 15 is 0 Å². The SMILES string of the molecule is COc1ccc([N+](=O)[O-])cc1NC(=O)Cn1cnc2c1c(=O)n(C)c(=O)n2C. The molecule has 0 aliphatic heterocycles. The standard InChI is InChI=1S/C16H16N6O6/c1-19-14-13(15(24)20(2)16(19)25)21(8-17-14)7-12(23)18-10-6-9(22(26)27)4-5-11(10)28-3/h4-6,8H,7H2,1-3H3,(H,18,23). The summed E-state index contributed by atoms with van der Waals surface area (Å²) < 4.78 is 8.53. The van der Waals surface area contributed by atoms with Crippen molar-refractivity contribution < 1.29 is 14.5 Å². The number of benzene rings is 1. The number of nitrogens with one attached hydrogen (secondary N) is 1. The number of anilines is 1. The molecule has 2 aromatic heterocycles. The number of nitro benzene ring substituents is 1. The number of hydrogen-bond acceptors (Lipinski definition) is 7. The highest BCUT2D eigenvalue weighted by Gasteiger charge is 2.18. The molecule has 12 heteroatoms. The monoisotopic (exact) mass is 388 g/mol. The quantitative estimate of drug-likeness (QED) is 0.478. The number of imidazole rings is 1. The summed E-state index contributed by atoms with van der Waals surface area (Å²) in [5, 5.41) is 13.5. The number of carbonyl (C=O) groups is 1. The molecule has 0 atom stereocenters. The topological polar surface area (TPSA) is 143 Å². The van der Waals surface area contributed by atoms with Crippen molar-refractivity contribution >= 4 is 28.4 Å². The molecule has 0 aliphatic rings. The minimum atomic E-state index is -0.595. The van der Waals surface area contributed by atoms with Crippen LogP contribution in [0.25, 0.3) is 11.2 Å². The van der Waals surface area contributed by atoms with Gasteiger partial charge in [0.2, 0.25) is 5.91 Å². The van der Waals surface area contributed by atoms with E-state index in [1.807, 2.05) is 0 Å². The Kier molecular flexibility index (Phi) is 4.69. The van der Waals surface area contributed by atoms with E-state index < -0.39 is 22.1 Å². The molecule has 0 aliphatic carbocycles. The third kappa shape index (κ3) is 3.11. The van der Waals surface area contributed by atoms with Crippen LogP contribution >= 0.6 is 0 Å². The average molecular weight is 388 g/mol. The summed E-state index contributed by atoms with van der Waals surface area (Å²) in [4.78, 5) is 51.2. The van der Waals surface area contributed by atoms with Gasteiger partial charge in [-0.15, -0.1) is 0 Å². The van der Waals surface area contributed by atoms with Crippen molar-refractivity contribution in [2.45, 2.75) is 6.54 Å². The Morgan fingerprint density at radius 3 is 2.64 bits per heavy atom. The summed E-state index contributed by atoms with van der Waals surface area (Å²) in [5.74, 6) is -0.318.